The molecule has 0 fully saturated rings. The lowest BCUT2D eigenvalue weighted by Crippen LogP contribution is -2.36. The van der Waals surface area contributed by atoms with Crippen LogP contribution < -0.4 is 11.3 Å². The number of fused-ring (bicyclic) bond motifs is 2. The minimum absolute atomic E-state index is 0.0581. The van der Waals surface area contributed by atoms with Crippen LogP contribution >= 0.6 is 0 Å². The van der Waals surface area contributed by atoms with Gasteiger partial charge in [-0.15, -0.1) is 0 Å². The standard InChI is InChI=1S/C14H17N3O/c1-14(2)6-5-12-16-11-7-9(15)3-4-10(11)13(18)17(12)8-14/h3-4,7H,5-6,8,15H2,1-2H3. The number of nitrogen functional groups attached to an aromatic ring is 1. The normalized spacial score (nSPS) is 17.7. The highest BCUT2D eigenvalue weighted by Crippen LogP contribution is 2.29. The molecule has 18 heavy (non-hydrogen) atoms. The van der Waals surface area contributed by atoms with E-state index < -0.39 is 0 Å². The smallest absolute Gasteiger partial charge is 0.261 e. The van der Waals surface area contributed by atoms with Crippen molar-refractivity contribution in [3.8, 4) is 0 Å². The molecule has 0 atom stereocenters. The van der Waals surface area contributed by atoms with E-state index in [4.69, 9.17) is 5.73 Å². The molecule has 4 nitrogen and oxygen atoms in total. The van der Waals surface area contributed by atoms with Gasteiger partial charge in [0.05, 0.1) is 10.9 Å². The number of benzene rings is 1. The highest BCUT2D eigenvalue weighted by molar-refractivity contribution is 5.80. The Morgan fingerprint density at radius 3 is 2.94 bits per heavy atom. The van der Waals surface area contributed by atoms with Crippen molar-refractivity contribution in [1.82, 2.24) is 9.55 Å². The van der Waals surface area contributed by atoms with Crippen LogP contribution in [0.5, 0.6) is 0 Å². The number of aryl methyl sites for hydroxylation is 1. The van der Waals surface area contributed by atoms with Gasteiger partial charge in [-0.2, -0.15) is 0 Å². The van der Waals surface area contributed by atoms with E-state index in [1.54, 1.807) is 18.2 Å². The molecule has 0 unspecified atom stereocenters. The molecule has 4 heteroatoms. The van der Waals surface area contributed by atoms with Crippen molar-refractivity contribution in [3.05, 3.63) is 34.4 Å². The fourth-order valence-electron chi connectivity index (χ4n) is 2.60. The first-order valence-electron chi connectivity index (χ1n) is 6.25. The summed E-state index contributed by atoms with van der Waals surface area (Å²) in [6.45, 7) is 5.12. The number of nitrogens with two attached hydrogens (primary N) is 1. The molecule has 0 saturated carbocycles. The van der Waals surface area contributed by atoms with Crippen molar-refractivity contribution in [2.45, 2.75) is 33.2 Å². The van der Waals surface area contributed by atoms with E-state index in [2.05, 4.69) is 18.8 Å². The zero-order valence-electron chi connectivity index (χ0n) is 10.7. The van der Waals surface area contributed by atoms with E-state index in [0.29, 0.717) is 16.6 Å². The predicted molar refractivity (Wildman–Crippen MR) is 72.5 cm³/mol. The second-order valence-electron chi connectivity index (χ2n) is 5.86. The molecule has 0 aliphatic carbocycles. The van der Waals surface area contributed by atoms with Gasteiger partial charge in [0.1, 0.15) is 5.82 Å². The molecule has 94 valence electrons. The van der Waals surface area contributed by atoms with Gasteiger partial charge in [0.2, 0.25) is 0 Å². The second kappa shape index (κ2) is 3.57. The summed E-state index contributed by atoms with van der Waals surface area (Å²) in [5.74, 6) is 0.887. The van der Waals surface area contributed by atoms with Crippen LogP contribution in [0.25, 0.3) is 10.9 Å². The van der Waals surface area contributed by atoms with E-state index in [9.17, 15) is 4.79 Å². The van der Waals surface area contributed by atoms with Crippen molar-refractivity contribution in [3.63, 3.8) is 0 Å². The largest absolute Gasteiger partial charge is 0.399 e. The molecular formula is C14H17N3O. The van der Waals surface area contributed by atoms with Crippen LogP contribution in [-0.4, -0.2) is 9.55 Å². The van der Waals surface area contributed by atoms with E-state index in [1.165, 1.54) is 0 Å². The summed E-state index contributed by atoms with van der Waals surface area (Å²) in [7, 11) is 0. The summed E-state index contributed by atoms with van der Waals surface area (Å²) < 4.78 is 1.82. The van der Waals surface area contributed by atoms with Gasteiger partial charge in [-0.1, -0.05) is 13.8 Å². The van der Waals surface area contributed by atoms with Crippen LogP contribution in [0.1, 0.15) is 26.1 Å². The van der Waals surface area contributed by atoms with E-state index in [0.717, 1.165) is 25.2 Å². The molecular weight excluding hydrogens is 226 g/mol. The van der Waals surface area contributed by atoms with Gasteiger partial charge >= 0.3 is 0 Å². The number of nitrogens with zero attached hydrogens (tertiary/aromatic N) is 2. The monoisotopic (exact) mass is 243 g/mol. The number of hydrogen-bond acceptors (Lipinski definition) is 3. The number of rotatable bonds is 0. The highest BCUT2D eigenvalue weighted by Gasteiger charge is 2.27. The van der Waals surface area contributed by atoms with Crippen LogP contribution in [-0.2, 0) is 13.0 Å². The Labute approximate surface area is 105 Å². The van der Waals surface area contributed by atoms with Crippen molar-refractivity contribution >= 4 is 16.6 Å². The lowest BCUT2D eigenvalue weighted by molar-refractivity contribution is 0.240. The molecule has 1 aliphatic rings. The Kier molecular flexibility index (Phi) is 2.24. The first kappa shape index (κ1) is 11.3. The van der Waals surface area contributed by atoms with Crippen LogP contribution in [0.2, 0.25) is 0 Å². The van der Waals surface area contributed by atoms with Gasteiger partial charge in [-0.3, -0.25) is 9.36 Å². The minimum Gasteiger partial charge on any atom is -0.399 e. The zero-order chi connectivity index (χ0) is 12.9. The first-order chi connectivity index (χ1) is 8.46. The maximum Gasteiger partial charge on any atom is 0.261 e. The molecule has 1 aromatic carbocycles. The minimum atomic E-state index is 0.0581. The van der Waals surface area contributed by atoms with Gasteiger partial charge in [0.15, 0.2) is 0 Å². The van der Waals surface area contributed by atoms with Crippen LogP contribution in [0.3, 0.4) is 0 Å². The summed E-state index contributed by atoms with van der Waals surface area (Å²) in [6, 6.07) is 5.30. The Hall–Kier alpha value is -1.84. The van der Waals surface area contributed by atoms with Crippen molar-refractivity contribution in [1.29, 1.82) is 0 Å². The Morgan fingerprint density at radius 1 is 1.39 bits per heavy atom. The third-order valence-corrected chi connectivity index (χ3v) is 3.67. The van der Waals surface area contributed by atoms with E-state index in [1.807, 2.05) is 4.57 Å². The number of aromatic nitrogens is 2. The second-order valence-corrected chi connectivity index (χ2v) is 5.86. The summed E-state index contributed by atoms with van der Waals surface area (Å²) in [6.07, 6.45) is 1.92. The molecule has 0 amide bonds. The van der Waals surface area contributed by atoms with Crippen LogP contribution in [0, 0.1) is 5.41 Å². The van der Waals surface area contributed by atoms with Crippen LogP contribution in [0.15, 0.2) is 23.0 Å². The van der Waals surface area contributed by atoms with Gasteiger partial charge in [0, 0.05) is 18.7 Å². The highest BCUT2D eigenvalue weighted by atomic mass is 16.1. The first-order valence-corrected chi connectivity index (χ1v) is 6.25. The van der Waals surface area contributed by atoms with Gasteiger partial charge in [-0.05, 0) is 30.0 Å². The van der Waals surface area contributed by atoms with Crippen molar-refractivity contribution in [2.75, 3.05) is 5.73 Å². The average molecular weight is 243 g/mol. The molecule has 2 heterocycles. The Morgan fingerprint density at radius 2 is 2.17 bits per heavy atom. The maximum atomic E-state index is 12.5. The lowest BCUT2D eigenvalue weighted by Gasteiger charge is -2.31. The Bertz CT molecular complexity index is 685. The molecule has 0 spiro atoms. The van der Waals surface area contributed by atoms with Crippen molar-refractivity contribution in [2.24, 2.45) is 5.41 Å². The topological polar surface area (TPSA) is 60.9 Å². The fraction of sp³-hybridized carbons (Fsp3) is 0.429. The van der Waals surface area contributed by atoms with Gasteiger partial charge in [0.25, 0.3) is 5.56 Å². The van der Waals surface area contributed by atoms with Crippen LogP contribution in [0.4, 0.5) is 5.69 Å². The summed E-state index contributed by atoms with van der Waals surface area (Å²) in [5.41, 5.74) is 7.33. The molecule has 0 saturated heterocycles. The molecule has 2 aromatic rings. The summed E-state index contributed by atoms with van der Waals surface area (Å²) >= 11 is 0. The Balaban J connectivity index is 2.30. The van der Waals surface area contributed by atoms with E-state index >= 15 is 0 Å². The molecule has 0 radical (unpaired) electrons. The third-order valence-electron chi connectivity index (χ3n) is 3.67. The maximum absolute atomic E-state index is 12.5. The fourth-order valence-corrected chi connectivity index (χ4v) is 2.60. The molecule has 2 N–H and O–H groups in total. The SMILES string of the molecule is CC1(C)CCc2nc3cc(N)ccc3c(=O)n2C1. The number of hydrogen-bond donors (Lipinski definition) is 1. The summed E-state index contributed by atoms with van der Waals surface area (Å²) in [5, 5.41) is 0.658. The quantitative estimate of drug-likeness (QED) is 0.719. The molecule has 0 bridgehead atoms. The van der Waals surface area contributed by atoms with Gasteiger partial charge < -0.3 is 5.73 Å². The number of anilines is 1. The van der Waals surface area contributed by atoms with E-state index in [-0.39, 0.29) is 11.0 Å². The zero-order valence-corrected chi connectivity index (χ0v) is 10.7. The third kappa shape index (κ3) is 1.68. The molecule has 1 aromatic heterocycles. The average Bonchev–Trinajstić information content (AvgIpc) is 2.30. The lowest BCUT2D eigenvalue weighted by atomic mass is 9.85. The predicted octanol–water partition coefficient (Wildman–Crippen LogP) is 1.95. The molecule has 3 rings (SSSR count). The summed E-state index contributed by atoms with van der Waals surface area (Å²) in [4.78, 5) is 17.0. The molecule has 1 aliphatic heterocycles. The van der Waals surface area contributed by atoms with Crippen molar-refractivity contribution < 1.29 is 0 Å². The van der Waals surface area contributed by atoms with Gasteiger partial charge in [-0.25, -0.2) is 4.98 Å².